The van der Waals surface area contributed by atoms with E-state index < -0.39 is 48.9 Å². The van der Waals surface area contributed by atoms with Crippen LogP contribution in [0.25, 0.3) is 16.8 Å². The average molecular weight is 521 g/mol. The van der Waals surface area contributed by atoms with Gasteiger partial charge in [-0.1, -0.05) is 0 Å². The lowest BCUT2D eigenvalue weighted by molar-refractivity contribution is -0.249. The molecular weight excluding hydrogens is 498 g/mol. The van der Waals surface area contributed by atoms with Crippen LogP contribution in [0.1, 0.15) is 28.5 Å². The topological polar surface area (TPSA) is 130 Å². The van der Waals surface area contributed by atoms with Gasteiger partial charge < -0.3 is 20.6 Å². The van der Waals surface area contributed by atoms with Crippen molar-refractivity contribution in [3.05, 3.63) is 41.5 Å². The van der Waals surface area contributed by atoms with Crippen molar-refractivity contribution in [3.63, 3.8) is 0 Å². The van der Waals surface area contributed by atoms with E-state index in [0.717, 1.165) is 5.56 Å². The predicted molar refractivity (Wildman–Crippen MR) is 122 cm³/mol. The molecule has 1 saturated heterocycles. The van der Waals surface area contributed by atoms with Crippen LogP contribution in [0.5, 0.6) is 0 Å². The SMILES string of the molecule is Cc1cc(-c2cnc3c(c2)C(=O)N([C@@H]2CN(C(=O)[C@@](C)(O)C(F)(F)F)C[C@@H]2F)CC3)n2ncnc(N)c12. The third-order valence-corrected chi connectivity index (χ3v) is 7.00. The van der Waals surface area contributed by atoms with Crippen LogP contribution < -0.4 is 5.73 Å². The number of anilines is 1. The molecular formula is C23H23F4N7O3. The van der Waals surface area contributed by atoms with Gasteiger partial charge in [0.15, 0.2) is 5.82 Å². The number of fused-ring (bicyclic) bond motifs is 2. The number of likely N-dealkylation sites (tertiary alicyclic amines) is 1. The van der Waals surface area contributed by atoms with E-state index >= 15 is 0 Å². The number of carbonyl (C=O) groups is 2. The Morgan fingerprint density at radius 2 is 1.95 bits per heavy atom. The second-order valence-electron chi connectivity index (χ2n) is 9.45. The standard InChI is InChI=1S/C23H23F4N7O3/c1-11-5-16(34-18(11)19(28)30-10-31-34)12-6-13-15(29-7-12)3-4-33(20(13)35)17-9-32(8-14(17)24)21(36)22(2,37)23(25,26)27/h5-7,10,14,17,37H,3-4,8-9H2,1-2H3,(H2,28,30,31)/t14-,17+,22+/m0/s1. The molecule has 5 heterocycles. The van der Waals surface area contributed by atoms with Crippen LogP contribution in [0.2, 0.25) is 0 Å². The Balaban J connectivity index is 1.43. The Morgan fingerprint density at radius 1 is 1.22 bits per heavy atom. The first-order valence-electron chi connectivity index (χ1n) is 11.4. The lowest BCUT2D eigenvalue weighted by Crippen LogP contribution is -2.56. The number of amides is 2. The fourth-order valence-corrected chi connectivity index (χ4v) is 4.91. The van der Waals surface area contributed by atoms with Gasteiger partial charge in [0.1, 0.15) is 18.0 Å². The first kappa shape index (κ1) is 24.9. The number of nitrogens with zero attached hydrogens (tertiary/aromatic N) is 6. The average Bonchev–Trinajstić information content (AvgIpc) is 3.38. The van der Waals surface area contributed by atoms with Gasteiger partial charge >= 0.3 is 6.18 Å². The third-order valence-electron chi connectivity index (χ3n) is 7.00. The molecule has 1 fully saturated rings. The van der Waals surface area contributed by atoms with Gasteiger partial charge in [-0.3, -0.25) is 14.6 Å². The van der Waals surface area contributed by atoms with Crippen molar-refractivity contribution in [1.82, 2.24) is 29.4 Å². The number of carbonyl (C=O) groups excluding carboxylic acids is 2. The molecule has 37 heavy (non-hydrogen) atoms. The molecule has 0 saturated carbocycles. The number of aliphatic hydroxyl groups is 1. The second kappa shape index (κ2) is 8.36. The van der Waals surface area contributed by atoms with E-state index in [1.807, 2.05) is 13.0 Å². The molecule has 5 rings (SSSR count). The smallest absolute Gasteiger partial charge is 0.382 e. The Labute approximate surface area is 207 Å². The van der Waals surface area contributed by atoms with E-state index in [1.54, 1.807) is 16.8 Å². The summed E-state index contributed by atoms with van der Waals surface area (Å²) in [5.41, 5.74) is 5.61. The maximum atomic E-state index is 15.0. The highest BCUT2D eigenvalue weighted by Gasteiger charge is 2.58. The van der Waals surface area contributed by atoms with Gasteiger partial charge in [0.2, 0.25) is 5.60 Å². The Bertz CT molecular complexity index is 1420. The largest absolute Gasteiger partial charge is 0.426 e. The van der Waals surface area contributed by atoms with Crippen LogP contribution >= 0.6 is 0 Å². The van der Waals surface area contributed by atoms with Gasteiger partial charge in [-0.25, -0.2) is 13.9 Å². The third kappa shape index (κ3) is 3.86. The Hall–Kier alpha value is -3.81. The second-order valence-corrected chi connectivity index (χ2v) is 9.45. The van der Waals surface area contributed by atoms with Crippen molar-refractivity contribution < 1.29 is 32.3 Å². The van der Waals surface area contributed by atoms with Gasteiger partial charge in [0, 0.05) is 31.3 Å². The summed E-state index contributed by atoms with van der Waals surface area (Å²) >= 11 is 0. The van der Waals surface area contributed by atoms with Crippen LogP contribution in [0.15, 0.2) is 24.7 Å². The van der Waals surface area contributed by atoms with Crippen molar-refractivity contribution in [2.24, 2.45) is 0 Å². The minimum atomic E-state index is -5.23. The highest BCUT2D eigenvalue weighted by molar-refractivity contribution is 5.98. The zero-order valence-corrected chi connectivity index (χ0v) is 19.8. The maximum Gasteiger partial charge on any atom is 0.426 e. The van der Waals surface area contributed by atoms with Crippen molar-refractivity contribution in [2.75, 3.05) is 25.4 Å². The molecule has 2 amide bonds. The molecule has 0 spiro atoms. The van der Waals surface area contributed by atoms with Gasteiger partial charge in [0.25, 0.3) is 11.8 Å². The fraction of sp³-hybridized carbons (Fsp3) is 0.435. The monoisotopic (exact) mass is 521 g/mol. The predicted octanol–water partition coefficient (Wildman–Crippen LogP) is 1.54. The van der Waals surface area contributed by atoms with Crippen LogP contribution in [0.4, 0.5) is 23.4 Å². The van der Waals surface area contributed by atoms with E-state index in [2.05, 4.69) is 15.1 Å². The van der Waals surface area contributed by atoms with Gasteiger partial charge in [-0.05, 0) is 31.5 Å². The summed E-state index contributed by atoms with van der Waals surface area (Å²) in [4.78, 5) is 36.0. The first-order valence-corrected chi connectivity index (χ1v) is 11.4. The van der Waals surface area contributed by atoms with Gasteiger partial charge in [0.05, 0.1) is 29.5 Å². The maximum absolute atomic E-state index is 15.0. The van der Waals surface area contributed by atoms with E-state index in [1.165, 1.54) is 11.2 Å². The minimum absolute atomic E-state index is 0.0812. The molecule has 14 heteroatoms. The summed E-state index contributed by atoms with van der Waals surface area (Å²) in [6, 6.07) is 2.26. The zero-order chi connectivity index (χ0) is 26.9. The molecule has 0 radical (unpaired) electrons. The summed E-state index contributed by atoms with van der Waals surface area (Å²) in [5, 5.41) is 14.0. The molecule has 0 bridgehead atoms. The molecule has 0 aliphatic carbocycles. The molecule has 0 aromatic carbocycles. The number of halogens is 4. The molecule has 196 valence electrons. The number of aromatic nitrogens is 4. The van der Waals surface area contributed by atoms with E-state index in [4.69, 9.17) is 5.73 Å². The van der Waals surface area contributed by atoms with E-state index in [-0.39, 0.29) is 17.9 Å². The van der Waals surface area contributed by atoms with Crippen molar-refractivity contribution in [2.45, 2.75) is 44.3 Å². The number of aryl methyl sites for hydroxylation is 1. The number of nitrogens with two attached hydrogens (primary N) is 1. The first-order chi connectivity index (χ1) is 17.3. The van der Waals surface area contributed by atoms with Crippen molar-refractivity contribution in [1.29, 1.82) is 0 Å². The number of pyridine rings is 1. The molecule has 0 unspecified atom stereocenters. The minimum Gasteiger partial charge on any atom is -0.382 e. The van der Waals surface area contributed by atoms with Crippen molar-refractivity contribution >= 4 is 23.1 Å². The normalized spacial score (nSPS) is 21.9. The van der Waals surface area contributed by atoms with Gasteiger partial charge in [-0.2, -0.15) is 18.3 Å². The number of nitrogen functional groups attached to an aromatic ring is 1. The summed E-state index contributed by atoms with van der Waals surface area (Å²) < 4.78 is 56.0. The van der Waals surface area contributed by atoms with Crippen LogP contribution in [0.3, 0.4) is 0 Å². The van der Waals surface area contributed by atoms with E-state index in [0.29, 0.717) is 40.7 Å². The number of hydrogen-bond donors (Lipinski definition) is 2. The number of alkyl halides is 4. The Morgan fingerprint density at radius 3 is 2.65 bits per heavy atom. The lowest BCUT2D eigenvalue weighted by Gasteiger charge is -2.34. The Kier molecular flexibility index (Phi) is 5.62. The summed E-state index contributed by atoms with van der Waals surface area (Å²) in [6.07, 6.45) is -3.83. The molecule has 10 nitrogen and oxygen atoms in total. The quantitative estimate of drug-likeness (QED) is 0.500. The lowest BCUT2D eigenvalue weighted by atomic mass is 9.99. The summed E-state index contributed by atoms with van der Waals surface area (Å²) in [7, 11) is 0. The molecule has 3 atom stereocenters. The molecule has 2 aliphatic heterocycles. The van der Waals surface area contributed by atoms with Gasteiger partial charge in [-0.15, -0.1) is 0 Å². The highest BCUT2D eigenvalue weighted by Crippen LogP contribution is 2.35. The summed E-state index contributed by atoms with van der Waals surface area (Å²) in [5.74, 6) is -1.92. The molecule has 3 aromatic rings. The van der Waals surface area contributed by atoms with Crippen LogP contribution in [0, 0.1) is 6.92 Å². The molecule has 2 aliphatic rings. The highest BCUT2D eigenvalue weighted by atomic mass is 19.4. The summed E-state index contributed by atoms with van der Waals surface area (Å²) in [6.45, 7) is 1.11. The fourth-order valence-electron chi connectivity index (χ4n) is 4.91. The van der Waals surface area contributed by atoms with E-state index in [9.17, 15) is 32.3 Å². The zero-order valence-electron chi connectivity index (χ0n) is 19.8. The molecule has 3 aromatic heterocycles. The van der Waals surface area contributed by atoms with Crippen LogP contribution in [-0.2, 0) is 11.2 Å². The van der Waals surface area contributed by atoms with Crippen molar-refractivity contribution in [3.8, 4) is 11.3 Å². The van der Waals surface area contributed by atoms with Crippen LogP contribution in [-0.4, -0.2) is 89.9 Å². The number of rotatable bonds is 3. The molecule has 3 N–H and O–H groups in total. The number of hydrogen-bond acceptors (Lipinski definition) is 7.